The second kappa shape index (κ2) is 5.83. The number of nitrogens with one attached hydrogen (secondary N) is 2. The molecule has 0 aliphatic rings. The van der Waals surface area contributed by atoms with E-state index in [2.05, 4.69) is 41.6 Å². The van der Waals surface area contributed by atoms with Crippen molar-refractivity contribution >= 4 is 27.6 Å². The third kappa shape index (κ3) is 3.21. The van der Waals surface area contributed by atoms with E-state index in [0.29, 0.717) is 11.3 Å². The van der Waals surface area contributed by atoms with Crippen molar-refractivity contribution in [1.82, 2.24) is 15.2 Å². The van der Waals surface area contributed by atoms with Crippen LogP contribution in [-0.2, 0) is 0 Å². The van der Waals surface area contributed by atoms with Gasteiger partial charge in [-0.05, 0) is 32.0 Å². The van der Waals surface area contributed by atoms with Crippen LogP contribution in [0.1, 0.15) is 18.2 Å². The van der Waals surface area contributed by atoms with Gasteiger partial charge in [-0.15, -0.1) is 10.2 Å². The van der Waals surface area contributed by atoms with Gasteiger partial charge < -0.3 is 5.11 Å². The van der Waals surface area contributed by atoms with Gasteiger partial charge in [-0.25, -0.2) is 5.43 Å². The van der Waals surface area contributed by atoms with Gasteiger partial charge in [0.2, 0.25) is 5.95 Å². The smallest absolute Gasteiger partial charge is 0.274 e. The fourth-order valence-electron chi connectivity index (χ4n) is 1.44. The Morgan fingerprint density at radius 3 is 2.90 bits per heavy atom. The number of rotatable bonds is 3. The average molecular weight is 338 g/mol. The highest BCUT2D eigenvalue weighted by atomic mass is 79.9. The zero-order valence-corrected chi connectivity index (χ0v) is 12.4. The first-order valence-electron chi connectivity index (χ1n) is 5.70. The molecule has 3 N–H and O–H groups in total. The largest absolute Gasteiger partial charge is 0.507 e. The molecular weight excluding hydrogens is 326 g/mol. The molecule has 0 saturated heterocycles. The molecule has 0 bridgehead atoms. The summed E-state index contributed by atoms with van der Waals surface area (Å²) in [5, 5.41) is 21.2. The first kappa shape index (κ1) is 14.2. The summed E-state index contributed by atoms with van der Waals surface area (Å²) in [7, 11) is 0. The Morgan fingerprint density at radius 2 is 2.20 bits per heavy atom. The zero-order valence-electron chi connectivity index (χ0n) is 10.8. The van der Waals surface area contributed by atoms with Gasteiger partial charge in [0.05, 0.1) is 5.71 Å². The van der Waals surface area contributed by atoms with Gasteiger partial charge in [0.25, 0.3) is 5.56 Å². The number of anilines is 1. The van der Waals surface area contributed by atoms with Crippen molar-refractivity contribution in [3.05, 3.63) is 44.3 Å². The summed E-state index contributed by atoms with van der Waals surface area (Å²) in [6.07, 6.45) is 0. The fourth-order valence-corrected chi connectivity index (χ4v) is 1.80. The number of aromatic nitrogens is 3. The number of phenolic OH excluding ortho intramolecular Hbond substituents is 1. The van der Waals surface area contributed by atoms with Crippen LogP contribution in [0.5, 0.6) is 5.75 Å². The first-order chi connectivity index (χ1) is 9.47. The lowest BCUT2D eigenvalue weighted by Crippen LogP contribution is -2.16. The van der Waals surface area contributed by atoms with Crippen LogP contribution in [-0.4, -0.2) is 26.0 Å². The molecule has 20 heavy (non-hydrogen) atoms. The number of H-pyrrole nitrogens is 1. The van der Waals surface area contributed by atoms with Gasteiger partial charge in [-0.3, -0.25) is 9.78 Å². The molecule has 8 heteroatoms. The quantitative estimate of drug-likeness (QED) is 0.585. The van der Waals surface area contributed by atoms with E-state index in [9.17, 15) is 9.90 Å². The predicted molar refractivity (Wildman–Crippen MR) is 79.0 cm³/mol. The van der Waals surface area contributed by atoms with Gasteiger partial charge >= 0.3 is 0 Å². The molecule has 0 saturated carbocycles. The molecule has 0 unspecified atom stereocenters. The van der Waals surface area contributed by atoms with E-state index < -0.39 is 0 Å². The van der Waals surface area contributed by atoms with Gasteiger partial charge in [0.1, 0.15) is 11.4 Å². The number of hydrazone groups is 1. The van der Waals surface area contributed by atoms with Gasteiger partial charge in [0, 0.05) is 10.0 Å². The van der Waals surface area contributed by atoms with Crippen LogP contribution in [0.25, 0.3) is 0 Å². The van der Waals surface area contributed by atoms with Crippen molar-refractivity contribution in [2.24, 2.45) is 5.10 Å². The maximum Gasteiger partial charge on any atom is 0.274 e. The van der Waals surface area contributed by atoms with E-state index in [1.54, 1.807) is 32.0 Å². The molecule has 0 atom stereocenters. The van der Waals surface area contributed by atoms with E-state index in [4.69, 9.17) is 0 Å². The van der Waals surface area contributed by atoms with Crippen molar-refractivity contribution in [2.75, 3.05) is 5.43 Å². The summed E-state index contributed by atoms with van der Waals surface area (Å²) >= 11 is 3.32. The number of hydrogen-bond acceptors (Lipinski definition) is 6. The van der Waals surface area contributed by atoms with Gasteiger partial charge in [-0.2, -0.15) is 5.10 Å². The standard InChI is InChI=1S/C12H12BrN5O2/c1-6(9-5-8(13)3-4-10(9)19)15-17-12-14-11(20)7(2)16-18-12/h3-5,19H,1-2H3,(H2,14,17,18,20)/b15-6+. The lowest BCUT2D eigenvalue weighted by molar-refractivity contribution is 0.474. The van der Waals surface area contributed by atoms with Crippen LogP contribution in [0.2, 0.25) is 0 Å². The minimum atomic E-state index is -0.333. The lowest BCUT2D eigenvalue weighted by atomic mass is 10.1. The zero-order chi connectivity index (χ0) is 14.7. The number of aromatic amines is 1. The topological polar surface area (TPSA) is 103 Å². The number of nitrogens with zero attached hydrogens (tertiary/aromatic N) is 3. The highest BCUT2D eigenvalue weighted by Gasteiger charge is 2.06. The minimum absolute atomic E-state index is 0.111. The van der Waals surface area contributed by atoms with Crippen LogP contribution >= 0.6 is 15.9 Å². The van der Waals surface area contributed by atoms with Crippen LogP contribution in [0, 0.1) is 6.92 Å². The molecular formula is C12H12BrN5O2. The normalized spacial score (nSPS) is 11.4. The minimum Gasteiger partial charge on any atom is -0.507 e. The summed E-state index contributed by atoms with van der Waals surface area (Å²) in [4.78, 5) is 13.8. The summed E-state index contributed by atoms with van der Waals surface area (Å²) in [6, 6.07) is 5.02. The van der Waals surface area contributed by atoms with Gasteiger partial charge in [0.15, 0.2) is 0 Å². The highest BCUT2D eigenvalue weighted by Crippen LogP contribution is 2.22. The van der Waals surface area contributed by atoms with Crippen LogP contribution in [0.15, 0.2) is 32.6 Å². The molecule has 0 aliphatic carbocycles. The van der Waals surface area contributed by atoms with Crippen molar-refractivity contribution in [3.8, 4) is 5.75 Å². The second-order valence-corrected chi connectivity index (χ2v) is 4.97. The molecule has 0 fully saturated rings. The molecule has 7 nitrogen and oxygen atoms in total. The molecule has 104 valence electrons. The van der Waals surface area contributed by atoms with E-state index in [0.717, 1.165) is 4.47 Å². The Kier molecular flexibility index (Phi) is 4.14. The Bertz CT molecular complexity index is 726. The molecule has 2 aromatic rings. The number of halogens is 1. The molecule has 1 aromatic heterocycles. The number of aryl methyl sites for hydroxylation is 1. The first-order valence-corrected chi connectivity index (χ1v) is 6.49. The van der Waals surface area contributed by atoms with Crippen molar-refractivity contribution in [1.29, 1.82) is 0 Å². The monoisotopic (exact) mass is 337 g/mol. The molecule has 2 rings (SSSR count). The van der Waals surface area contributed by atoms with E-state index >= 15 is 0 Å². The van der Waals surface area contributed by atoms with Crippen LogP contribution < -0.4 is 11.0 Å². The van der Waals surface area contributed by atoms with Crippen molar-refractivity contribution in [3.63, 3.8) is 0 Å². The Hall–Kier alpha value is -2.22. The number of phenols is 1. The SMILES string of the molecule is C/C(=N\Nc1nnc(C)c(=O)[nH]1)c1cc(Br)ccc1O. The third-order valence-electron chi connectivity index (χ3n) is 2.54. The number of aromatic hydroxyl groups is 1. The summed E-state index contributed by atoms with van der Waals surface area (Å²) in [5.41, 5.74) is 3.63. The Labute approximate surface area is 122 Å². The fraction of sp³-hybridized carbons (Fsp3) is 0.167. The Morgan fingerprint density at radius 1 is 1.45 bits per heavy atom. The van der Waals surface area contributed by atoms with Gasteiger partial charge in [-0.1, -0.05) is 15.9 Å². The summed E-state index contributed by atoms with van der Waals surface area (Å²) < 4.78 is 0.823. The van der Waals surface area contributed by atoms with Crippen molar-refractivity contribution < 1.29 is 5.11 Å². The molecule has 0 radical (unpaired) electrons. The molecule has 0 aliphatic heterocycles. The maximum atomic E-state index is 11.4. The van der Waals surface area contributed by atoms with Crippen molar-refractivity contribution in [2.45, 2.75) is 13.8 Å². The van der Waals surface area contributed by atoms with E-state index in [1.165, 1.54) is 0 Å². The van der Waals surface area contributed by atoms with E-state index in [1.807, 2.05) is 0 Å². The summed E-state index contributed by atoms with van der Waals surface area (Å²) in [6.45, 7) is 3.28. The summed E-state index contributed by atoms with van der Waals surface area (Å²) in [5.74, 6) is 0.245. The average Bonchev–Trinajstić information content (AvgIpc) is 2.42. The highest BCUT2D eigenvalue weighted by molar-refractivity contribution is 9.10. The van der Waals surface area contributed by atoms with Crippen LogP contribution in [0.4, 0.5) is 5.95 Å². The lowest BCUT2D eigenvalue weighted by Gasteiger charge is -2.05. The van der Waals surface area contributed by atoms with E-state index in [-0.39, 0.29) is 23.0 Å². The molecule has 0 spiro atoms. The van der Waals surface area contributed by atoms with Crippen LogP contribution in [0.3, 0.4) is 0 Å². The third-order valence-corrected chi connectivity index (χ3v) is 3.03. The maximum absolute atomic E-state index is 11.4. The molecule has 0 amide bonds. The Balaban J connectivity index is 2.24. The molecule has 1 heterocycles. The predicted octanol–water partition coefficient (Wildman–Crippen LogP) is 1.78. The number of hydrogen-bond donors (Lipinski definition) is 3. The number of benzene rings is 1. The second-order valence-electron chi connectivity index (χ2n) is 4.06. The molecule has 1 aromatic carbocycles.